The number of hydrogen-bond acceptors (Lipinski definition) is 3. The maximum Gasteiger partial charge on any atom is 0.243 e. The Kier molecular flexibility index (Phi) is 5.50. The van der Waals surface area contributed by atoms with Crippen molar-refractivity contribution >= 4 is 47.6 Å². The summed E-state index contributed by atoms with van der Waals surface area (Å²) in [5.41, 5.74) is 6.08. The Bertz CT molecular complexity index is 561. The summed E-state index contributed by atoms with van der Waals surface area (Å²) in [5.74, 6) is 0.439. The first kappa shape index (κ1) is 16.3. The van der Waals surface area contributed by atoms with Gasteiger partial charge in [-0.2, -0.15) is 0 Å². The highest BCUT2D eigenvalue weighted by atomic mass is 79.9. The zero-order chi connectivity index (χ0) is 14.8. The van der Waals surface area contributed by atoms with Crippen molar-refractivity contribution < 1.29 is 8.42 Å². The number of benzene rings is 1. The number of nitrogen functional groups attached to an aromatic ring is 1. The van der Waals surface area contributed by atoms with Gasteiger partial charge in [-0.05, 0) is 46.8 Å². The first-order valence-corrected chi connectivity index (χ1v) is 9.71. The van der Waals surface area contributed by atoms with Crippen LogP contribution in [0.15, 0.2) is 26.0 Å². The van der Waals surface area contributed by atoms with Crippen molar-refractivity contribution in [3.8, 4) is 0 Å². The molecule has 0 heterocycles. The van der Waals surface area contributed by atoms with Gasteiger partial charge in [0.15, 0.2) is 0 Å². The third-order valence-corrected chi connectivity index (χ3v) is 6.48. The fraction of sp³-hybridized carbons (Fsp3) is 0.538. The molecule has 1 saturated carbocycles. The van der Waals surface area contributed by atoms with Crippen LogP contribution in [0.3, 0.4) is 0 Å². The molecular formula is C13H18Br2N2O2S. The maximum atomic E-state index is 12.4. The van der Waals surface area contributed by atoms with E-state index in [9.17, 15) is 8.42 Å². The molecule has 0 radical (unpaired) electrons. The number of nitrogens with two attached hydrogens (primary N) is 1. The van der Waals surface area contributed by atoms with Gasteiger partial charge in [0, 0.05) is 15.5 Å². The van der Waals surface area contributed by atoms with Gasteiger partial charge >= 0.3 is 0 Å². The van der Waals surface area contributed by atoms with E-state index < -0.39 is 10.0 Å². The highest BCUT2D eigenvalue weighted by Crippen LogP contribution is 2.32. The molecular weight excluding hydrogens is 408 g/mol. The Morgan fingerprint density at radius 2 is 1.85 bits per heavy atom. The summed E-state index contributed by atoms with van der Waals surface area (Å²) in [4.78, 5) is 0.122. The standard InChI is InChI=1S/C13H18Br2N2O2S/c14-10-6-11(15)13(12(16)7-10)20(18,19)17-8-9-4-2-1-3-5-9/h6-7,9,17H,1-5,8,16H2. The first-order chi connectivity index (χ1) is 9.40. The minimum atomic E-state index is -3.58. The zero-order valence-corrected chi connectivity index (χ0v) is 15.0. The van der Waals surface area contributed by atoms with Crippen molar-refractivity contribution in [1.29, 1.82) is 0 Å². The quantitative estimate of drug-likeness (QED) is 0.723. The zero-order valence-electron chi connectivity index (χ0n) is 11.0. The van der Waals surface area contributed by atoms with Gasteiger partial charge in [-0.3, -0.25) is 0 Å². The predicted octanol–water partition coefficient (Wildman–Crippen LogP) is 3.65. The Balaban J connectivity index is 2.14. The normalized spacial score (nSPS) is 17.3. The second-order valence-electron chi connectivity index (χ2n) is 5.16. The van der Waals surface area contributed by atoms with Gasteiger partial charge in [0.1, 0.15) is 4.90 Å². The molecule has 4 nitrogen and oxygen atoms in total. The molecule has 0 bridgehead atoms. The number of nitrogens with one attached hydrogen (secondary N) is 1. The smallest absolute Gasteiger partial charge is 0.243 e. The molecule has 1 fully saturated rings. The van der Waals surface area contributed by atoms with Crippen LogP contribution in [0.5, 0.6) is 0 Å². The fourth-order valence-electron chi connectivity index (χ4n) is 2.55. The highest BCUT2D eigenvalue weighted by molar-refractivity contribution is 9.11. The molecule has 112 valence electrons. The van der Waals surface area contributed by atoms with Gasteiger partial charge in [0.2, 0.25) is 10.0 Å². The SMILES string of the molecule is Nc1cc(Br)cc(Br)c1S(=O)(=O)NCC1CCCCC1. The second kappa shape index (κ2) is 6.77. The summed E-state index contributed by atoms with van der Waals surface area (Å²) in [6, 6.07) is 3.28. The number of anilines is 1. The Morgan fingerprint density at radius 3 is 2.45 bits per heavy atom. The average molecular weight is 426 g/mol. The van der Waals surface area contributed by atoms with Crippen LogP contribution in [-0.4, -0.2) is 15.0 Å². The molecule has 0 aliphatic heterocycles. The third-order valence-electron chi connectivity index (χ3n) is 3.59. The molecule has 20 heavy (non-hydrogen) atoms. The van der Waals surface area contributed by atoms with Crippen molar-refractivity contribution in [2.24, 2.45) is 5.92 Å². The van der Waals surface area contributed by atoms with E-state index in [0.29, 0.717) is 16.9 Å². The largest absolute Gasteiger partial charge is 0.398 e. The van der Waals surface area contributed by atoms with Crippen molar-refractivity contribution in [3.63, 3.8) is 0 Å². The number of hydrogen-bond donors (Lipinski definition) is 2. The van der Waals surface area contributed by atoms with Gasteiger partial charge in [-0.15, -0.1) is 0 Å². The van der Waals surface area contributed by atoms with Crippen LogP contribution >= 0.6 is 31.9 Å². The third kappa shape index (κ3) is 3.96. The molecule has 7 heteroatoms. The van der Waals surface area contributed by atoms with Crippen LogP contribution in [-0.2, 0) is 10.0 Å². The molecule has 3 N–H and O–H groups in total. The number of rotatable bonds is 4. The molecule has 0 aromatic heterocycles. The molecule has 0 saturated heterocycles. The lowest BCUT2D eigenvalue weighted by Crippen LogP contribution is -2.31. The summed E-state index contributed by atoms with van der Waals surface area (Å²) in [6.07, 6.45) is 5.83. The topological polar surface area (TPSA) is 72.2 Å². The van der Waals surface area contributed by atoms with Gasteiger partial charge < -0.3 is 5.73 Å². The van der Waals surface area contributed by atoms with Crippen LogP contribution in [0.4, 0.5) is 5.69 Å². The molecule has 2 rings (SSSR count). The second-order valence-corrected chi connectivity index (χ2v) is 8.64. The lowest BCUT2D eigenvalue weighted by Gasteiger charge is -2.22. The molecule has 0 spiro atoms. The van der Waals surface area contributed by atoms with Gasteiger partial charge in [-0.1, -0.05) is 35.2 Å². The monoisotopic (exact) mass is 424 g/mol. The summed E-state index contributed by atoms with van der Waals surface area (Å²) in [6.45, 7) is 0.490. The molecule has 1 aliphatic carbocycles. The van der Waals surface area contributed by atoms with Gasteiger partial charge in [-0.25, -0.2) is 13.1 Å². The van der Waals surface area contributed by atoms with E-state index in [1.165, 1.54) is 19.3 Å². The van der Waals surface area contributed by atoms with E-state index in [-0.39, 0.29) is 10.6 Å². The van der Waals surface area contributed by atoms with Crippen LogP contribution in [0.2, 0.25) is 0 Å². The number of sulfonamides is 1. The molecule has 1 aliphatic rings. The van der Waals surface area contributed by atoms with E-state index in [1.54, 1.807) is 12.1 Å². The summed E-state index contributed by atoms with van der Waals surface area (Å²) >= 11 is 6.56. The first-order valence-electron chi connectivity index (χ1n) is 6.64. The fourth-order valence-corrected chi connectivity index (χ4v) is 5.74. The minimum absolute atomic E-state index is 0.122. The van der Waals surface area contributed by atoms with Crippen molar-refractivity contribution in [3.05, 3.63) is 21.1 Å². The molecule has 1 aromatic carbocycles. The number of halogens is 2. The van der Waals surface area contributed by atoms with E-state index in [1.807, 2.05) is 0 Å². The van der Waals surface area contributed by atoms with Crippen molar-refractivity contribution in [2.75, 3.05) is 12.3 Å². The maximum absolute atomic E-state index is 12.4. The lowest BCUT2D eigenvalue weighted by molar-refractivity contribution is 0.357. The van der Waals surface area contributed by atoms with E-state index in [2.05, 4.69) is 36.6 Å². The molecule has 0 unspecified atom stereocenters. The van der Waals surface area contributed by atoms with Crippen LogP contribution in [0, 0.1) is 5.92 Å². The van der Waals surface area contributed by atoms with E-state index >= 15 is 0 Å². The minimum Gasteiger partial charge on any atom is -0.398 e. The average Bonchev–Trinajstić information content (AvgIpc) is 2.36. The summed E-state index contributed by atoms with van der Waals surface area (Å²) < 4.78 is 28.7. The van der Waals surface area contributed by atoms with Crippen LogP contribution in [0.1, 0.15) is 32.1 Å². The summed E-state index contributed by atoms with van der Waals surface area (Å²) in [5, 5.41) is 0. The Morgan fingerprint density at radius 1 is 1.20 bits per heavy atom. The molecule has 0 atom stereocenters. The van der Waals surface area contributed by atoms with E-state index in [0.717, 1.165) is 17.3 Å². The van der Waals surface area contributed by atoms with Crippen molar-refractivity contribution in [1.82, 2.24) is 4.72 Å². The van der Waals surface area contributed by atoms with Gasteiger partial charge in [0.25, 0.3) is 0 Å². The molecule has 0 amide bonds. The van der Waals surface area contributed by atoms with Crippen molar-refractivity contribution in [2.45, 2.75) is 37.0 Å². The predicted molar refractivity (Wildman–Crippen MR) is 88.0 cm³/mol. The lowest BCUT2D eigenvalue weighted by atomic mass is 9.90. The van der Waals surface area contributed by atoms with Gasteiger partial charge in [0.05, 0.1) is 5.69 Å². The van der Waals surface area contributed by atoms with E-state index in [4.69, 9.17) is 5.73 Å². The Labute approximate surface area is 136 Å². The van der Waals surface area contributed by atoms with Crippen LogP contribution < -0.4 is 10.5 Å². The highest BCUT2D eigenvalue weighted by Gasteiger charge is 2.23. The molecule has 1 aromatic rings. The Hall–Kier alpha value is -0.110. The summed E-state index contributed by atoms with van der Waals surface area (Å²) in [7, 11) is -3.58. The van der Waals surface area contributed by atoms with Crippen LogP contribution in [0.25, 0.3) is 0 Å².